The molecule has 1 saturated heterocycles. The van der Waals surface area contributed by atoms with E-state index in [2.05, 4.69) is 31.1 Å². The molecule has 2 rings (SSSR count). The number of nitrogens with one attached hydrogen (secondary N) is 1. The Morgan fingerprint density at radius 2 is 2.28 bits per heavy atom. The number of aryl methyl sites for hydroxylation is 1. The minimum atomic E-state index is 0.102. The van der Waals surface area contributed by atoms with Gasteiger partial charge in [0.1, 0.15) is 5.76 Å². The summed E-state index contributed by atoms with van der Waals surface area (Å²) in [4.78, 5) is 4.29. The number of rotatable bonds is 5. The Kier molecular flexibility index (Phi) is 4.40. The number of nitrogens with zero attached hydrogens (tertiary/aromatic N) is 1. The molecule has 0 amide bonds. The van der Waals surface area contributed by atoms with Gasteiger partial charge < -0.3 is 14.5 Å². The fourth-order valence-electron chi connectivity index (χ4n) is 2.15. The van der Waals surface area contributed by atoms with E-state index in [1.807, 2.05) is 0 Å². The summed E-state index contributed by atoms with van der Waals surface area (Å²) in [5.74, 6) is 1.00. The number of hydrogen-bond acceptors (Lipinski definition) is 4. The van der Waals surface area contributed by atoms with Gasteiger partial charge in [-0.2, -0.15) is 0 Å². The molecule has 0 aromatic carbocycles. The van der Waals surface area contributed by atoms with Gasteiger partial charge >= 0.3 is 0 Å². The summed E-state index contributed by atoms with van der Waals surface area (Å²) in [5, 5.41) is 3.44. The van der Waals surface area contributed by atoms with E-state index in [4.69, 9.17) is 9.15 Å². The highest BCUT2D eigenvalue weighted by Gasteiger charge is 2.18. The Balaban J connectivity index is 1.83. The lowest BCUT2D eigenvalue weighted by Gasteiger charge is -2.19. The van der Waals surface area contributed by atoms with E-state index in [0.717, 1.165) is 37.4 Å². The van der Waals surface area contributed by atoms with E-state index < -0.39 is 0 Å². The number of ether oxygens (including phenoxy) is 1. The summed E-state index contributed by atoms with van der Waals surface area (Å²) in [6.45, 7) is 8.14. The molecular formula is C14H24N2O2. The second-order valence-corrected chi connectivity index (χ2v) is 6.00. The minimum Gasteiger partial charge on any atom is -0.448 e. The topological polar surface area (TPSA) is 47.3 Å². The maximum Gasteiger partial charge on any atom is 0.181 e. The number of hydrogen-bond donors (Lipinski definition) is 1. The van der Waals surface area contributed by atoms with Crippen LogP contribution in [0.2, 0.25) is 0 Å². The molecule has 0 saturated carbocycles. The van der Waals surface area contributed by atoms with Crippen LogP contribution in [0.4, 0.5) is 0 Å². The Morgan fingerprint density at radius 1 is 1.44 bits per heavy atom. The third-order valence-corrected chi connectivity index (χ3v) is 3.23. The maximum absolute atomic E-state index is 5.63. The SMILES string of the molecule is CC(C)(C)NCc1ncoc1CCC1CCCO1. The van der Waals surface area contributed by atoms with Gasteiger partial charge in [-0.3, -0.25) is 0 Å². The monoisotopic (exact) mass is 252 g/mol. The predicted molar refractivity (Wildman–Crippen MR) is 70.4 cm³/mol. The molecule has 1 aliphatic heterocycles. The maximum atomic E-state index is 5.63. The molecular weight excluding hydrogens is 228 g/mol. The predicted octanol–water partition coefficient (Wildman–Crippen LogP) is 2.67. The van der Waals surface area contributed by atoms with Gasteiger partial charge in [0.25, 0.3) is 0 Å². The number of oxazole rings is 1. The van der Waals surface area contributed by atoms with E-state index in [-0.39, 0.29) is 5.54 Å². The van der Waals surface area contributed by atoms with Gasteiger partial charge in [0.2, 0.25) is 0 Å². The molecule has 18 heavy (non-hydrogen) atoms. The summed E-state index contributed by atoms with van der Waals surface area (Å²) in [6, 6.07) is 0. The molecule has 0 aliphatic carbocycles. The van der Waals surface area contributed by atoms with Crippen LogP contribution in [-0.2, 0) is 17.7 Å². The third kappa shape index (κ3) is 4.10. The van der Waals surface area contributed by atoms with Crippen LogP contribution in [0.3, 0.4) is 0 Å². The average Bonchev–Trinajstić information content (AvgIpc) is 2.94. The summed E-state index contributed by atoms with van der Waals surface area (Å²) in [6.07, 6.45) is 6.30. The Bertz CT molecular complexity index is 362. The second-order valence-electron chi connectivity index (χ2n) is 6.00. The molecule has 1 aromatic heterocycles. The molecule has 0 spiro atoms. The molecule has 102 valence electrons. The normalized spacial score (nSPS) is 20.5. The fraction of sp³-hybridized carbons (Fsp3) is 0.786. The molecule has 2 heterocycles. The van der Waals surface area contributed by atoms with Gasteiger partial charge in [-0.15, -0.1) is 0 Å². The fourth-order valence-corrected chi connectivity index (χ4v) is 2.15. The Hall–Kier alpha value is -0.870. The highest BCUT2D eigenvalue weighted by Crippen LogP contribution is 2.19. The first-order chi connectivity index (χ1) is 8.54. The van der Waals surface area contributed by atoms with Crippen LogP contribution in [0.25, 0.3) is 0 Å². The van der Waals surface area contributed by atoms with Crippen molar-refractivity contribution in [3.8, 4) is 0 Å². The van der Waals surface area contributed by atoms with Crippen molar-refractivity contribution < 1.29 is 9.15 Å². The number of aromatic nitrogens is 1. The highest BCUT2D eigenvalue weighted by molar-refractivity contribution is 5.08. The Morgan fingerprint density at radius 3 is 2.94 bits per heavy atom. The summed E-state index contributed by atoms with van der Waals surface area (Å²) in [7, 11) is 0. The zero-order valence-electron chi connectivity index (χ0n) is 11.7. The van der Waals surface area contributed by atoms with Crippen molar-refractivity contribution in [2.75, 3.05) is 6.61 Å². The second kappa shape index (κ2) is 5.85. The molecule has 1 aromatic rings. The zero-order valence-corrected chi connectivity index (χ0v) is 11.7. The summed E-state index contributed by atoms with van der Waals surface area (Å²) in [5.41, 5.74) is 1.13. The third-order valence-electron chi connectivity index (χ3n) is 3.23. The van der Waals surface area contributed by atoms with Crippen molar-refractivity contribution in [3.05, 3.63) is 17.8 Å². The first-order valence-corrected chi connectivity index (χ1v) is 6.82. The van der Waals surface area contributed by atoms with Crippen LogP contribution in [0.1, 0.15) is 51.5 Å². The summed E-state index contributed by atoms with van der Waals surface area (Å²) < 4.78 is 11.1. The van der Waals surface area contributed by atoms with Crippen LogP contribution in [0, 0.1) is 0 Å². The van der Waals surface area contributed by atoms with E-state index in [9.17, 15) is 0 Å². The van der Waals surface area contributed by atoms with Crippen LogP contribution < -0.4 is 5.32 Å². The molecule has 0 radical (unpaired) electrons. The first kappa shape index (κ1) is 13.6. The van der Waals surface area contributed by atoms with Crippen LogP contribution in [-0.4, -0.2) is 23.2 Å². The Labute approximate surface area is 109 Å². The molecule has 1 fully saturated rings. The first-order valence-electron chi connectivity index (χ1n) is 6.82. The van der Waals surface area contributed by atoms with Gasteiger partial charge in [-0.05, 0) is 40.0 Å². The van der Waals surface area contributed by atoms with Crippen molar-refractivity contribution >= 4 is 0 Å². The molecule has 1 N–H and O–H groups in total. The minimum absolute atomic E-state index is 0.102. The van der Waals surface area contributed by atoms with E-state index >= 15 is 0 Å². The smallest absolute Gasteiger partial charge is 0.181 e. The van der Waals surface area contributed by atoms with Gasteiger partial charge in [-0.1, -0.05) is 0 Å². The van der Waals surface area contributed by atoms with Crippen LogP contribution in [0.15, 0.2) is 10.8 Å². The molecule has 4 heteroatoms. The average molecular weight is 252 g/mol. The van der Waals surface area contributed by atoms with Gasteiger partial charge in [0.15, 0.2) is 6.39 Å². The highest BCUT2D eigenvalue weighted by atomic mass is 16.5. The van der Waals surface area contributed by atoms with Crippen molar-refractivity contribution in [2.24, 2.45) is 0 Å². The molecule has 1 unspecified atom stereocenters. The zero-order chi connectivity index (χ0) is 13.0. The van der Waals surface area contributed by atoms with E-state index in [1.165, 1.54) is 12.8 Å². The molecule has 1 aliphatic rings. The van der Waals surface area contributed by atoms with Crippen LogP contribution in [0.5, 0.6) is 0 Å². The van der Waals surface area contributed by atoms with Gasteiger partial charge in [-0.25, -0.2) is 4.98 Å². The summed E-state index contributed by atoms with van der Waals surface area (Å²) >= 11 is 0. The lowest BCUT2D eigenvalue weighted by atomic mass is 10.1. The van der Waals surface area contributed by atoms with Crippen molar-refractivity contribution in [1.29, 1.82) is 0 Å². The lowest BCUT2D eigenvalue weighted by Crippen LogP contribution is -2.35. The van der Waals surface area contributed by atoms with Crippen molar-refractivity contribution in [2.45, 2.75) is 64.6 Å². The van der Waals surface area contributed by atoms with Crippen molar-refractivity contribution in [3.63, 3.8) is 0 Å². The van der Waals surface area contributed by atoms with E-state index in [1.54, 1.807) is 6.39 Å². The quantitative estimate of drug-likeness (QED) is 0.875. The van der Waals surface area contributed by atoms with Crippen LogP contribution >= 0.6 is 0 Å². The van der Waals surface area contributed by atoms with Crippen molar-refractivity contribution in [1.82, 2.24) is 10.3 Å². The van der Waals surface area contributed by atoms with E-state index in [0.29, 0.717) is 6.10 Å². The largest absolute Gasteiger partial charge is 0.448 e. The van der Waals surface area contributed by atoms with Gasteiger partial charge in [0, 0.05) is 25.1 Å². The lowest BCUT2D eigenvalue weighted by molar-refractivity contribution is 0.103. The molecule has 1 atom stereocenters. The van der Waals surface area contributed by atoms with Gasteiger partial charge in [0.05, 0.1) is 11.8 Å². The standard InChI is InChI=1S/C14H24N2O2/c1-14(2,3)16-9-12-13(18-10-15-12)7-6-11-5-4-8-17-11/h10-11,16H,4-9H2,1-3H3. The molecule has 0 bridgehead atoms. The molecule has 4 nitrogen and oxygen atoms in total.